The number of hydrogen-bond donors (Lipinski definition) is 0. The van der Waals surface area contributed by atoms with Gasteiger partial charge in [-0.1, -0.05) is 32.9 Å². The van der Waals surface area contributed by atoms with Gasteiger partial charge in [0.1, 0.15) is 0 Å². The predicted octanol–water partition coefficient (Wildman–Crippen LogP) is 3.97. The van der Waals surface area contributed by atoms with Crippen LogP contribution in [-0.4, -0.2) is 14.9 Å². The summed E-state index contributed by atoms with van der Waals surface area (Å²) in [5, 5.41) is 0. The van der Waals surface area contributed by atoms with Crippen LogP contribution in [0.25, 0.3) is 0 Å². The second kappa shape index (κ2) is 7.33. The Morgan fingerprint density at radius 1 is 1.08 bits per heavy atom. The summed E-state index contributed by atoms with van der Waals surface area (Å²) in [6.07, 6.45) is 5.35. The molecular formula is C11H24OSi. The van der Waals surface area contributed by atoms with Gasteiger partial charge in [0.15, 0.2) is 8.32 Å². The molecule has 0 radical (unpaired) electrons. The lowest BCUT2D eigenvalue weighted by molar-refractivity contribution is 0.306. The van der Waals surface area contributed by atoms with E-state index in [1.165, 1.54) is 18.1 Å². The minimum absolute atomic E-state index is 0.923. The predicted molar refractivity (Wildman–Crippen MR) is 62.6 cm³/mol. The monoisotopic (exact) mass is 200 g/mol. The first kappa shape index (κ1) is 12.9. The van der Waals surface area contributed by atoms with Gasteiger partial charge in [0.05, 0.1) is 0 Å². The van der Waals surface area contributed by atoms with Crippen molar-refractivity contribution in [3.05, 3.63) is 12.2 Å². The van der Waals surface area contributed by atoms with Gasteiger partial charge in [-0.05, 0) is 31.5 Å². The Labute approximate surface area is 84.3 Å². The first-order valence-electron chi connectivity index (χ1n) is 5.49. The highest BCUT2D eigenvalue weighted by atomic mass is 28.4. The fourth-order valence-electron chi connectivity index (χ4n) is 1.57. The van der Waals surface area contributed by atoms with Crippen LogP contribution >= 0.6 is 0 Å². The second-order valence-electron chi connectivity index (χ2n) is 3.45. The van der Waals surface area contributed by atoms with Gasteiger partial charge in [-0.15, -0.1) is 0 Å². The van der Waals surface area contributed by atoms with Crippen LogP contribution in [0.1, 0.15) is 34.1 Å². The molecule has 78 valence electrons. The SMILES string of the molecule is C/C=C/CCO[Si](CC)(CC)CC. The maximum Gasteiger partial charge on any atom is 0.191 e. The molecule has 1 nitrogen and oxygen atoms in total. The fourth-order valence-corrected chi connectivity index (χ4v) is 4.23. The molecule has 0 amide bonds. The number of rotatable bonds is 7. The maximum atomic E-state index is 6.07. The molecule has 0 N–H and O–H groups in total. The second-order valence-corrected chi connectivity index (χ2v) is 8.23. The molecule has 0 fully saturated rings. The summed E-state index contributed by atoms with van der Waals surface area (Å²) in [4.78, 5) is 0. The Bertz CT molecular complexity index is 131. The first-order valence-corrected chi connectivity index (χ1v) is 8.02. The number of allylic oxidation sites excluding steroid dienone is 1. The van der Waals surface area contributed by atoms with E-state index in [0.29, 0.717) is 0 Å². The summed E-state index contributed by atoms with van der Waals surface area (Å²) < 4.78 is 6.07. The Hall–Kier alpha value is -0.0831. The van der Waals surface area contributed by atoms with Gasteiger partial charge in [-0.3, -0.25) is 0 Å². The highest BCUT2D eigenvalue weighted by Crippen LogP contribution is 2.21. The zero-order chi connectivity index (χ0) is 10.2. The van der Waals surface area contributed by atoms with Crippen molar-refractivity contribution in [2.24, 2.45) is 0 Å². The topological polar surface area (TPSA) is 9.23 Å². The summed E-state index contributed by atoms with van der Waals surface area (Å²) in [6, 6.07) is 3.78. The molecule has 0 aromatic carbocycles. The molecule has 0 atom stereocenters. The van der Waals surface area contributed by atoms with Gasteiger partial charge in [0.25, 0.3) is 0 Å². The standard InChI is InChI=1S/C11H24OSi/c1-5-9-10-11-12-13(6-2,7-3)8-4/h5,9H,6-8,10-11H2,1-4H3/b9-5+. The van der Waals surface area contributed by atoms with E-state index in [2.05, 4.69) is 39.8 Å². The van der Waals surface area contributed by atoms with E-state index in [-0.39, 0.29) is 0 Å². The summed E-state index contributed by atoms with van der Waals surface area (Å²) in [5.74, 6) is 0. The van der Waals surface area contributed by atoms with E-state index in [4.69, 9.17) is 4.43 Å². The lowest BCUT2D eigenvalue weighted by Gasteiger charge is -2.27. The molecule has 0 aliphatic rings. The summed E-state index contributed by atoms with van der Waals surface area (Å²) in [7, 11) is -1.30. The first-order chi connectivity index (χ1) is 6.24. The highest BCUT2D eigenvalue weighted by Gasteiger charge is 2.27. The van der Waals surface area contributed by atoms with E-state index in [1.54, 1.807) is 0 Å². The van der Waals surface area contributed by atoms with Crippen LogP contribution in [0.3, 0.4) is 0 Å². The van der Waals surface area contributed by atoms with Crippen LogP contribution < -0.4 is 0 Å². The Kier molecular flexibility index (Phi) is 7.29. The zero-order valence-electron chi connectivity index (χ0n) is 9.60. The van der Waals surface area contributed by atoms with Crippen molar-refractivity contribution in [2.75, 3.05) is 6.61 Å². The number of hydrogen-bond acceptors (Lipinski definition) is 1. The van der Waals surface area contributed by atoms with Gasteiger partial charge in [0, 0.05) is 6.61 Å². The average molecular weight is 200 g/mol. The molecule has 2 heteroatoms. The molecule has 0 heterocycles. The smallest absolute Gasteiger partial charge is 0.191 e. The molecule has 0 aliphatic carbocycles. The van der Waals surface area contributed by atoms with Crippen molar-refractivity contribution in [2.45, 2.75) is 52.2 Å². The van der Waals surface area contributed by atoms with Crippen LogP contribution in [0.5, 0.6) is 0 Å². The van der Waals surface area contributed by atoms with Crippen LogP contribution in [0.15, 0.2) is 12.2 Å². The van der Waals surface area contributed by atoms with E-state index in [9.17, 15) is 0 Å². The molecular weight excluding hydrogens is 176 g/mol. The molecule has 0 unspecified atom stereocenters. The molecule has 0 spiro atoms. The zero-order valence-corrected chi connectivity index (χ0v) is 10.6. The third-order valence-corrected chi connectivity index (χ3v) is 7.54. The van der Waals surface area contributed by atoms with E-state index < -0.39 is 8.32 Å². The third kappa shape index (κ3) is 4.63. The van der Waals surface area contributed by atoms with Gasteiger partial charge in [0.2, 0.25) is 0 Å². The Morgan fingerprint density at radius 2 is 1.62 bits per heavy atom. The van der Waals surface area contributed by atoms with Crippen LogP contribution in [0.2, 0.25) is 18.1 Å². The molecule has 13 heavy (non-hydrogen) atoms. The molecule has 0 aliphatic heterocycles. The minimum atomic E-state index is -1.30. The minimum Gasteiger partial charge on any atom is -0.417 e. The quantitative estimate of drug-likeness (QED) is 0.343. The molecule has 0 aromatic heterocycles. The van der Waals surface area contributed by atoms with Crippen molar-refractivity contribution in [1.29, 1.82) is 0 Å². The summed E-state index contributed by atoms with van der Waals surface area (Å²) in [6.45, 7) is 9.80. The molecule has 0 aromatic rings. The van der Waals surface area contributed by atoms with E-state index in [0.717, 1.165) is 13.0 Å². The van der Waals surface area contributed by atoms with Crippen molar-refractivity contribution in [3.8, 4) is 0 Å². The van der Waals surface area contributed by atoms with E-state index >= 15 is 0 Å². The van der Waals surface area contributed by atoms with Crippen molar-refractivity contribution in [3.63, 3.8) is 0 Å². The highest BCUT2D eigenvalue weighted by molar-refractivity contribution is 6.73. The van der Waals surface area contributed by atoms with Gasteiger partial charge < -0.3 is 4.43 Å². The van der Waals surface area contributed by atoms with Crippen LogP contribution in [0, 0.1) is 0 Å². The van der Waals surface area contributed by atoms with Crippen molar-refractivity contribution >= 4 is 8.32 Å². The average Bonchev–Trinajstić information content (AvgIpc) is 2.20. The normalized spacial score (nSPS) is 12.6. The van der Waals surface area contributed by atoms with E-state index in [1.807, 2.05) is 0 Å². The molecule has 0 rings (SSSR count). The molecule has 0 saturated carbocycles. The van der Waals surface area contributed by atoms with Crippen LogP contribution in [-0.2, 0) is 4.43 Å². The van der Waals surface area contributed by atoms with Gasteiger partial charge >= 0.3 is 0 Å². The Balaban J connectivity index is 3.81. The summed E-state index contributed by atoms with van der Waals surface area (Å²) >= 11 is 0. The maximum absolute atomic E-state index is 6.07. The summed E-state index contributed by atoms with van der Waals surface area (Å²) in [5.41, 5.74) is 0. The van der Waals surface area contributed by atoms with Crippen molar-refractivity contribution < 1.29 is 4.43 Å². The van der Waals surface area contributed by atoms with Crippen molar-refractivity contribution in [1.82, 2.24) is 0 Å². The lowest BCUT2D eigenvalue weighted by atomic mass is 10.4. The molecule has 0 saturated heterocycles. The Morgan fingerprint density at radius 3 is 2.00 bits per heavy atom. The third-order valence-electron chi connectivity index (χ3n) is 2.86. The molecule has 0 bridgehead atoms. The lowest BCUT2D eigenvalue weighted by Crippen LogP contribution is -2.35. The largest absolute Gasteiger partial charge is 0.417 e. The van der Waals surface area contributed by atoms with Gasteiger partial charge in [-0.2, -0.15) is 0 Å². The van der Waals surface area contributed by atoms with Crippen LogP contribution in [0.4, 0.5) is 0 Å². The van der Waals surface area contributed by atoms with Gasteiger partial charge in [-0.25, -0.2) is 0 Å². The fraction of sp³-hybridized carbons (Fsp3) is 0.818.